The van der Waals surface area contributed by atoms with E-state index >= 15 is 0 Å². The van der Waals surface area contributed by atoms with Crippen LogP contribution in [0, 0.1) is 0 Å². The Morgan fingerprint density at radius 3 is 2.25 bits per heavy atom. The van der Waals surface area contributed by atoms with Crippen LogP contribution in [0.1, 0.15) is 19.4 Å². The molecule has 0 saturated carbocycles. The molecule has 1 heterocycles. The van der Waals surface area contributed by atoms with Crippen molar-refractivity contribution in [2.75, 3.05) is 13.1 Å². The molecule has 8 nitrogen and oxygen atoms in total. The topological polar surface area (TPSA) is 101 Å². The standard InChI is InChI=1S/C23H26N4O4S/c1-3-26(4-2)32(30,31)20-12-10-18(11-13-20)16-24-22(28)17-27-23(29)15-14-21(25-27)19-8-6-5-7-9-19/h5-15H,3-4,16-17H2,1-2H3,(H,24,28). The van der Waals surface area contributed by atoms with Crippen molar-refractivity contribution >= 4 is 15.9 Å². The zero-order chi connectivity index (χ0) is 23.1. The number of benzene rings is 2. The van der Waals surface area contributed by atoms with E-state index in [4.69, 9.17) is 0 Å². The number of rotatable bonds is 9. The Balaban J connectivity index is 1.64. The average molecular weight is 455 g/mol. The third kappa shape index (κ3) is 5.49. The lowest BCUT2D eigenvalue weighted by Crippen LogP contribution is -2.33. The molecule has 9 heteroatoms. The van der Waals surface area contributed by atoms with E-state index in [1.54, 1.807) is 32.0 Å². The zero-order valence-electron chi connectivity index (χ0n) is 18.1. The minimum atomic E-state index is -3.52. The number of carbonyl (C=O) groups is 1. The van der Waals surface area contributed by atoms with Crippen LogP contribution in [-0.4, -0.2) is 41.5 Å². The van der Waals surface area contributed by atoms with Crippen LogP contribution in [0.3, 0.4) is 0 Å². The van der Waals surface area contributed by atoms with Crippen molar-refractivity contribution in [2.45, 2.75) is 31.8 Å². The first-order valence-corrected chi connectivity index (χ1v) is 11.8. The normalized spacial score (nSPS) is 11.5. The van der Waals surface area contributed by atoms with Crippen molar-refractivity contribution in [1.29, 1.82) is 0 Å². The van der Waals surface area contributed by atoms with Gasteiger partial charge in [0.2, 0.25) is 15.9 Å². The largest absolute Gasteiger partial charge is 0.350 e. The van der Waals surface area contributed by atoms with Crippen LogP contribution in [0.25, 0.3) is 11.3 Å². The molecule has 168 valence electrons. The monoisotopic (exact) mass is 454 g/mol. The molecule has 0 radical (unpaired) electrons. The number of hydrogen-bond donors (Lipinski definition) is 1. The first-order valence-electron chi connectivity index (χ1n) is 10.3. The van der Waals surface area contributed by atoms with E-state index < -0.39 is 10.0 Å². The molecule has 1 amide bonds. The van der Waals surface area contributed by atoms with E-state index in [9.17, 15) is 18.0 Å². The van der Waals surface area contributed by atoms with Crippen molar-refractivity contribution < 1.29 is 13.2 Å². The van der Waals surface area contributed by atoms with Gasteiger partial charge < -0.3 is 5.32 Å². The average Bonchev–Trinajstić information content (AvgIpc) is 2.80. The minimum Gasteiger partial charge on any atom is -0.350 e. The van der Waals surface area contributed by atoms with Gasteiger partial charge in [-0.15, -0.1) is 0 Å². The maximum Gasteiger partial charge on any atom is 0.267 e. The number of aromatic nitrogens is 2. The molecule has 3 rings (SSSR count). The van der Waals surface area contributed by atoms with E-state index in [0.29, 0.717) is 18.8 Å². The van der Waals surface area contributed by atoms with Gasteiger partial charge in [0.25, 0.3) is 5.56 Å². The summed E-state index contributed by atoms with van der Waals surface area (Å²) in [6.45, 7) is 4.37. The van der Waals surface area contributed by atoms with Crippen molar-refractivity contribution in [2.24, 2.45) is 0 Å². The highest BCUT2D eigenvalue weighted by atomic mass is 32.2. The van der Waals surface area contributed by atoms with Gasteiger partial charge in [-0.1, -0.05) is 56.3 Å². The van der Waals surface area contributed by atoms with Gasteiger partial charge >= 0.3 is 0 Å². The molecule has 0 aliphatic carbocycles. The summed E-state index contributed by atoms with van der Waals surface area (Å²) in [6, 6.07) is 18.8. The van der Waals surface area contributed by atoms with Crippen LogP contribution >= 0.6 is 0 Å². The molecule has 1 aromatic heterocycles. The number of nitrogens with zero attached hydrogens (tertiary/aromatic N) is 3. The molecule has 0 saturated heterocycles. The number of nitrogens with one attached hydrogen (secondary N) is 1. The Hall–Kier alpha value is -3.30. The lowest BCUT2D eigenvalue weighted by Gasteiger charge is -2.18. The maximum absolute atomic E-state index is 12.6. The molecule has 0 fully saturated rings. The van der Waals surface area contributed by atoms with Crippen molar-refractivity contribution in [3.8, 4) is 11.3 Å². The van der Waals surface area contributed by atoms with Gasteiger partial charge in [-0.2, -0.15) is 9.40 Å². The Morgan fingerprint density at radius 2 is 1.62 bits per heavy atom. The van der Waals surface area contributed by atoms with Gasteiger partial charge in [-0.3, -0.25) is 9.59 Å². The van der Waals surface area contributed by atoms with Crippen molar-refractivity contribution in [3.63, 3.8) is 0 Å². The van der Waals surface area contributed by atoms with Gasteiger partial charge in [0.05, 0.1) is 10.6 Å². The van der Waals surface area contributed by atoms with Gasteiger partial charge in [0, 0.05) is 31.3 Å². The molecule has 2 aromatic carbocycles. The predicted molar refractivity (Wildman–Crippen MR) is 122 cm³/mol. The second-order valence-corrected chi connectivity index (χ2v) is 9.03. The number of hydrogen-bond acceptors (Lipinski definition) is 5. The highest BCUT2D eigenvalue weighted by molar-refractivity contribution is 7.89. The molecule has 0 aliphatic rings. The fourth-order valence-electron chi connectivity index (χ4n) is 3.21. The summed E-state index contributed by atoms with van der Waals surface area (Å²) in [7, 11) is -3.52. The number of sulfonamides is 1. The van der Waals surface area contributed by atoms with Gasteiger partial charge in [-0.05, 0) is 23.8 Å². The fourth-order valence-corrected chi connectivity index (χ4v) is 4.67. The highest BCUT2D eigenvalue weighted by Gasteiger charge is 2.21. The Kier molecular flexibility index (Phi) is 7.55. The molecule has 0 unspecified atom stereocenters. The maximum atomic E-state index is 12.6. The summed E-state index contributed by atoms with van der Waals surface area (Å²) in [4.78, 5) is 24.7. The smallest absolute Gasteiger partial charge is 0.267 e. The van der Waals surface area contributed by atoms with Gasteiger partial charge in [0.15, 0.2) is 0 Å². The fraction of sp³-hybridized carbons (Fsp3) is 0.261. The Bertz CT molecular complexity index is 1220. The van der Waals surface area contributed by atoms with Crippen LogP contribution in [0.2, 0.25) is 0 Å². The molecule has 0 atom stereocenters. The van der Waals surface area contributed by atoms with Crippen molar-refractivity contribution in [1.82, 2.24) is 19.4 Å². The van der Waals surface area contributed by atoms with Crippen LogP contribution in [0.15, 0.2) is 76.4 Å². The molecule has 0 bridgehead atoms. The first kappa shape index (κ1) is 23.4. The van der Waals surface area contributed by atoms with Crippen LogP contribution in [0.4, 0.5) is 0 Å². The summed E-state index contributed by atoms with van der Waals surface area (Å²) in [5.41, 5.74) is 1.82. The molecule has 3 aromatic rings. The molecular formula is C23H26N4O4S. The summed E-state index contributed by atoms with van der Waals surface area (Å²) in [5, 5.41) is 7.02. The van der Waals surface area contributed by atoms with Crippen molar-refractivity contribution in [3.05, 3.63) is 82.6 Å². The third-order valence-corrected chi connectivity index (χ3v) is 7.05. The SMILES string of the molecule is CCN(CC)S(=O)(=O)c1ccc(CNC(=O)Cn2nc(-c3ccccc3)ccc2=O)cc1. The summed E-state index contributed by atoms with van der Waals surface area (Å²) >= 11 is 0. The van der Waals surface area contributed by atoms with Gasteiger partial charge in [-0.25, -0.2) is 13.1 Å². The molecule has 32 heavy (non-hydrogen) atoms. The summed E-state index contributed by atoms with van der Waals surface area (Å²) in [6.07, 6.45) is 0. The van der Waals surface area contributed by atoms with Crippen LogP contribution in [0.5, 0.6) is 0 Å². The lowest BCUT2D eigenvalue weighted by atomic mass is 10.1. The highest BCUT2D eigenvalue weighted by Crippen LogP contribution is 2.16. The molecule has 0 spiro atoms. The Morgan fingerprint density at radius 1 is 0.969 bits per heavy atom. The second kappa shape index (κ2) is 10.3. The van der Waals surface area contributed by atoms with Crippen LogP contribution in [-0.2, 0) is 27.9 Å². The number of amides is 1. The molecule has 1 N–H and O–H groups in total. The van der Waals surface area contributed by atoms with E-state index in [1.165, 1.54) is 22.5 Å². The minimum absolute atomic E-state index is 0.206. The van der Waals surface area contributed by atoms with Crippen LogP contribution < -0.4 is 10.9 Å². The van der Waals surface area contributed by atoms with E-state index in [1.807, 2.05) is 30.3 Å². The zero-order valence-corrected chi connectivity index (χ0v) is 18.9. The van der Waals surface area contributed by atoms with E-state index in [2.05, 4.69) is 10.4 Å². The quantitative estimate of drug-likeness (QED) is 0.534. The molecule has 0 aliphatic heterocycles. The second-order valence-electron chi connectivity index (χ2n) is 7.09. The van der Waals surface area contributed by atoms with E-state index in [0.717, 1.165) is 15.8 Å². The summed E-state index contributed by atoms with van der Waals surface area (Å²) < 4.78 is 27.6. The molecular weight excluding hydrogens is 428 g/mol. The summed E-state index contributed by atoms with van der Waals surface area (Å²) in [5.74, 6) is -0.371. The first-order chi connectivity index (χ1) is 15.3. The van der Waals surface area contributed by atoms with Gasteiger partial charge in [0.1, 0.15) is 6.54 Å². The Labute approximate surface area is 187 Å². The lowest BCUT2D eigenvalue weighted by molar-refractivity contribution is -0.122. The third-order valence-electron chi connectivity index (χ3n) is 4.99. The number of carbonyl (C=O) groups excluding carboxylic acids is 1. The van der Waals surface area contributed by atoms with E-state index in [-0.39, 0.29) is 29.5 Å². The predicted octanol–water partition coefficient (Wildman–Crippen LogP) is 2.26.